The largest absolute Gasteiger partial charge is 1.00 e. The molecule has 0 aliphatic rings. The molecule has 0 aliphatic carbocycles. The molecule has 0 amide bonds. The van der Waals surface area contributed by atoms with Crippen LogP contribution in [0.1, 0.15) is 11.1 Å². The van der Waals surface area contributed by atoms with Crippen LogP contribution < -0.4 is 69.7 Å². The van der Waals surface area contributed by atoms with Crippen molar-refractivity contribution in [1.82, 2.24) is 0 Å². The maximum Gasteiger partial charge on any atom is 1.00 e. The van der Waals surface area contributed by atoms with Crippen LogP contribution in [0, 0.1) is 34.1 Å². The van der Waals surface area contributed by atoms with Crippen LogP contribution in [0.5, 0.6) is 11.5 Å². The number of nitrogens with one attached hydrogen (secondary N) is 2. The Kier molecular flexibility index (Phi) is 17.9. The van der Waals surface area contributed by atoms with Gasteiger partial charge in [0.05, 0.1) is 42.4 Å². The molecular formula is C38H30N8Na2O12S2. The second kappa shape index (κ2) is 21.9. The molecule has 6 rings (SSSR count). The van der Waals surface area contributed by atoms with E-state index < -0.39 is 51.2 Å². The monoisotopic (exact) mass is 900 g/mol. The van der Waals surface area contributed by atoms with E-state index in [4.69, 9.17) is 0 Å². The first kappa shape index (κ1) is 50.7. The number of phenolic OH excluding ortho intramolecular Hbond substituents is 2. The van der Waals surface area contributed by atoms with Crippen LogP contribution in [0.4, 0.5) is 56.9 Å². The summed E-state index contributed by atoms with van der Waals surface area (Å²) in [5, 5.41) is 63.4. The molecule has 0 unspecified atom stereocenters. The van der Waals surface area contributed by atoms with Gasteiger partial charge in [-0.3, -0.25) is 20.2 Å². The molecule has 24 heteroatoms. The van der Waals surface area contributed by atoms with E-state index in [0.29, 0.717) is 46.3 Å². The number of aromatic hydroxyl groups is 2. The van der Waals surface area contributed by atoms with E-state index in [2.05, 4.69) is 31.1 Å². The predicted molar refractivity (Wildman–Crippen MR) is 216 cm³/mol. The Morgan fingerprint density at radius 2 is 0.839 bits per heavy atom. The fourth-order valence-corrected chi connectivity index (χ4v) is 6.09. The van der Waals surface area contributed by atoms with Crippen molar-refractivity contribution >= 4 is 77.1 Å². The summed E-state index contributed by atoms with van der Waals surface area (Å²) >= 11 is 0. The summed E-state index contributed by atoms with van der Waals surface area (Å²) < 4.78 is 66.5. The van der Waals surface area contributed by atoms with E-state index in [-0.39, 0.29) is 82.0 Å². The van der Waals surface area contributed by atoms with Crippen LogP contribution >= 0.6 is 0 Å². The third-order valence-corrected chi connectivity index (χ3v) is 9.77. The number of nitrogens with zero attached hydrogens (tertiary/aromatic N) is 6. The third kappa shape index (κ3) is 14.2. The van der Waals surface area contributed by atoms with Gasteiger partial charge in [0, 0.05) is 23.5 Å². The van der Waals surface area contributed by atoms with Gasteiger partial charge in [-0.25, -0.2) is 16.8 Å². The zero-order valence-electron chi connectivity index (χ0n) is 33.0. The number of aryl methyl sites for hydroxylation is 2. The molecule has 0 bridgehead atoms. The maximum absolute atomic E-state index is 11.2. The van der Waals surface area contributed by atoms with Gasteiger partial charge in [-0.2, -0.15) is 20.5 Å². The van der Waals surface area contributed by atoms with Gasteiger partial charge in [-0.1, -0.05) is 0 Å². The van der Waals surface area contributed by atoms with E-state index in [9.17, 15) is 56.4 Å². The van der Waals surface area contributed by atoms with Crippen molar-refractivity contribution < 1.29 is 105 Å². The Hall–Kier alpha value is -5.66. The molecule has 0 radical (unpaired) electrons. The molecule has 20 nitrogen and oxygen atoms in total. The fraction of sp³-hybridized carbons (Fsp3) is 0.0526. The maximum atomic E-state index is 11.2. The third-order valence-electron chi connectivity index (χ3n) is 8.11. The topological polar surface area (TPSA) is 315 Å². The first-order chi connectivity index (χ1) is 28.3. The number of benzene rings is 6. The van der Waals surface area contributed by atoms with Crippen molar-refractivity contribution in [2.75, 3.05) is 10.6 Å². The van der Waals surface area contributed by atoms with E-state index >= 15 is 0 Å². The average molecular weight is 901 g/mol. The van der Waals surface area contributed by atoms with Gasteiger partial charge in [0.2, 0.25) is 0 Å². The van der Waals surface area contributed by atoms with Gasteiger partial charge < -0.3 is 30.0 Å². The molecule has 0 spiro atoms. The molecule has 0 atom stereocenters. The Morgan fingerprint density at radius 3 is 1.13 bits per heavy atom. The summed E-state index contributed by atoms with van der Waals surface area (Å²) in [6, 6.07) is 28.1. The number of anilines is 4. The van der Waals surface area contributed by atoms with Crippen LogP contribution in [-0.2, 0) is 20.2 Å². The van der Waals surface area contributed by atoms with Gasteiger partial charge in [-0.05, 0) is 134 Å². The summed E-state index contributed by atoms with van der Waals surface area (Å²) in [5.74, 6) is 0.272. The van der Waals surface area contributed by atoms with Crippen LogP contribution in [0.3, 0.4) is 0 Å². The summed E-state index contributed by atoms with van der Waals surface area (Å²) in [6.45, 7) is 3.58. The standard InChI is InChI=1S/2C19H16N4O6S.2Na/c2*1-12-10-15(24)6-8-17(12)22-21-14-4-2-13(3-5-14)20-18-9-7-16(30(27,28)29)11-19(18)23(25)26;;/h2*2-11,20,24H,1H3,(H,27,28,29);;/q;;2*+1/p-2. The normalized spacial score (nSPS) is 11.2. The van der Waals surface area contributed by atoms with Gasteiger partial charge in [0.1, 0.15) is 43.1 Å². The van der Waals surface area contributed by atoms with Crippen molar-refractivity contribution in [2.45, 2.75) is 23.6 Å². The Bertz CT molecular complexity index is 2690. The van der Waals surface area contributed by atoms with E-state index in [0.717, 1.165) is 35.4 Å². The number of azo groups is 2. The number of hydrogen-bond donors (Lipinski definition) is 4. The van der Waals surface area contributed by atoms with Crippen LogP contribution in [-0.4, -0.2) is 46.0 Å². The number of rotatable bonds is 12. The first-order valence-corrected chi connectivity index (χ1v) is 19.7. The molecular weight excluding hydrogens is 871 g/mol. The molecule has 0 aromatic heterocycles. The molecule has 308 valence electrons. The van der Waals surface area contributed by atoms with Gasteiger partial charge in [0.15, 0.2) is 0 Å². The van der Waals surface area contributed by atoms with Crippen molar-refractivity contribution in [3.8, 4) is 11.5 Å². The number of hydrogen-bond acceptors (Lipinski definition) is 18. The number of nitro groups is 2. The summed E-state index contributed by atoms with van der Waals surface area (Å²) in [6.07, 6.45) is 0. The number of phenols is 2. The van der Waals surface area contributed by atoms with E-state index in [1.807, 2.05) is 0 Å². The minimum Gasteiger partial charge on any atom is -0.744 e. The van der Waals surface area contributed by atoms with Crippen molar-refractivity contribution in [3.05, 3.63) is 153 Å². The van der Waals surface area contributed by atoms with Gasteiger partial charge in [0.25, 0.3) is 11.4 Å². The molecule has 6 aromatic carbocycles. The van der Waals surface area contributed by atoms with Gasteiger partial charge in [-0.15, -0.1) is 0 Å². The minimum atomic E-state index is -4.81. The first-order valence-electron chi connectivity index (χ1n) is 16.9. The molecule has 0 aliphatic heterocycles. The second-order valence-corrected chi connectivity index (χ2v) is 15.2. The summed E-state index contributed by atoms with van der Waals surface area (Å²) in [4.78, 5) is 19.6. The molecule has 0 saturated heterocycles. The quantitative estimate of drug-likeness (QED) is 0.0450. The smallest absolute Gasteiger partial charge is 0.744 e. The summed E-state index contributed by atoms with van der Waals surface area (Å²) in [5.41, 5.74) is 3.69. The minimum absolute atomic E-state index is 0. The molecule has 4 N–H and O–H groups in total. The van der Waals surface area contributed by atoms with Crippen molar-refractivity contribution in [3.63, 3.8) is 0 Å². The SMILES string of the molecule is Cc1cc(O)ccc1N=Nc1ccc(Nc2ccc(S(=O)(=O)[O-])cc2[N+](=O)[O-])cc1.Cc1cc(O)ccc1N=Nc1ccc(Nc2ccc(S(=O)(=O)[O-])cc2[N+](=O)[O-])cc1.[Na+].[Na+]. The Morgan fingerprint density at radius 1 is 0.500 bits per heavy atom. The van der Waals surface area contributed by atoms with Crippen molar-refractivity contribution in [1.29, 1.82) is 0 Å². The average Bonchev–Trinajstić information content (AvgIpc) is 3.18. The van der Waals surface area contributed by atoms with E-state index in [1.165, 1.54) is 12.1 Å². The Labute approximate surface area is 397 Å². The summed E-state index contributed by atoms with van der Waals surface area (Å²) in [7, 11) is -9.62. The zero-order valence-corrected chi connectivity index (χ0v) is 38.7. The van der Waals surface area contributed by atoms with Crippen LogP contribution in [0.2, 0.25) is 0 Å². The molecule has 0 fully saturated rings. The van der Waals surface area contributed by atoms with Gasteiger partial charge >= 0.3 is 59.1 Å². The fourth-order valence-electron chi connectivity index (χ4n) is 5.11. The second-order valence-electron chi connectivity index (χ2n) is 12.5. The van der Waals surface area contributed by atoms with Crippen LogP contribution in [0.15, 0.2) is 152 Å². The molecule has 62 heavy (non-hydrogen) atoms. The van der Waals surface area contributed by atoms with E-state index in [1.54, 1.807) is 86.6 Å². The predicted octanol–water partition coefficient (Wildman–Crippen LogP) is 3.35. The zero-order chi connectivity index (χ0) is 43.8. The number of nitro benzene ring substituents is 2. The Balaban J connectivity index is 0.000000320. The molecule has 0 heterocycles. The molecule has 6 aromatic rings. The molecule has 0 saturated carbocycles. The van der Waals surface area contributed by atoms with Crippen molar-refractivity contribution in [2.24, 2.45) is 20.5 Å². The van der Waals surface area contributed by atoms with Crippen LogP contribution in [0.25, 0.3) is 0 Å².